The molecule has 0 radical (unpaired) electrons. The molecule has 2 aromatic carbocycles. The predicted molar refractivity (Wildman–Crippen MR) is 72.4 cm³/mol. The highest BCUT2D eigenvalue weighted by Crippen LogP contribution is 2.12. The number of aryl methyl sites for hydroxylation is 1. The number of hydrogen-bond acceptors (Lipinski definition) is 1. The Morgan fingerprint density at radius 2 is 1.41 bits per heavy atom. The highest BCUT2D eigenvalue weighted by Gasteiger charge is 1.92. The van der Waals surface area contributed by atoms with Gasteiger partial charge in [-0.05, 0) is 30.7 Å². The van der Waals surface area contributed by atoms with Crippen molar-refractivity contribution < 1.29 is 0 Å². The van der Waals surface area contributed by atoms with Crippen molar-refractivity contribution in [1.29, 1.82) is 5.26 Å². The van der Waals surface area contributed by atoms with Crippen LogP contribution in [0.1, 0.15) is 11.1 Å². The standard InChI is InChI=1S/C7H4ClN.C7H7Cl/c8-7-4-2-1-3-6(7)5-9;1-6-4-2-3-5-7(6)8/h1-4H;2-5H,1H3. The molecule has 0 atom stereocenters. The molecule has 2 rings (SSSR count). The van der Waals surface area contributed by atoms with Gasteiger partial charge in [0.15, 0.2) is 0 Å². The summed E-state index contributed by atoms with van der Waals surface area (Å²) in [5.41, 5.74) is 1.66. The largest absolute Gasteiger partial charge is 0.192 e. The smallest absolute Gasteiger partial charge is 0.101 e. The van der Waals surface area contributed by atoms with Gasteiger partial charge in [0.1, 0.15) is 6.07 Å². The zero-order valence-electron chi connectivity index (χ0n) is 9.32. The molecule has 0 saturated carbocycles. The van der Waals surface area contributed by atoms with Crippen LogP contribution in [0.15, 0.2) is 48.5 Å². The lowest BCUT2D eigenvalue weighted by Gasteiger charge is -1.90. The summed E-state index contributed by atoms with van der Waals surface area (Å²) in [5, 5.41) is 9.74. The van der Waals surface area contributed by atoms with Crippen molar-refractivity contribution in [1.82, 2.24) is 0 Å². The second-order valence-electron chi connectivity index (χ2n) is 3.34. The first kappa shape index (κ1) is 13.6. The lowest BCUT2D eigenvalue weighted by molar-refractivity contribution is 1.47. The van der Waals surface area contributed by atoms with E-state index in [0.717, 1.165) is 10.6 Å². The van der Waals surface area contributed by atoms with Crippen molar-refractivity contribution in [3.63, 3.8) is 0 Å². The molecule has 0 spiro atoms. The van der Waals surface area contributed by atoms with Crippen LogP contribution in [0.4, 0.5) is 0 Å². The number of hydrogen-bond donors (Lipinski definition) is 0. The van der Waals surface area contributed by atoms with Gasteiger partial charge < -0.3 is 0 Å². The van der Waals surface area contributed by atoms with Crippen LogP contribution in [-0.4, -0.2) is 0 Å². The summed E-state index contributed by atoms with van der Waals surface area (Å²) in [6.45, 7) is 1.99. The maximum absolute atomic E-state index is 8.38. The summed E-state index contributed by atoms with van der Waals surface area (Å²) in [6, 6.07) is 16.7. The molecule has 0 unspecified atom stereocenters. The molecule has 1 nitrogen and oxygen atoms in total. The van der Waals surface area contributed by atoms with Crippen LogP contribution >= 0.6 is 23.2 Å². The predicted octanol–water partition coefficient (Wildman–Crippen LogP) is 4.86. The van der Waals surface area contributed by atoms with E-state index < -0.39 is 0 Å². The molecule has 0 aliphatic heterocycles. The summed E-state index contributed by atoms with van der Waals surface area (Å²) < 4.78 is 0. The third-order valence-corrected chi connectivity index (χ3v) is 2.82. The minimum atomic E-state index is 0.514. The van der Waals surface area contributed by atoms with Crippen LogP contribution in [0.25, 0.3) is 0 Å². The molecule has 0 aliphatic carbocycles. The van der Waals surface area contributed by atoms with Gasteiger partial charge in [-0.25, -0.2) is 0 Å². The van der Waals surface area contributed by atoms with Crippen molar-refractivity contribution in [3.05, 3.63) is 69.7 Å². The van der Waals surface area contributed by atoms with E-state index in [1.807, 2.05) is 37.3 Å². The summed E-state index contributed by atoms with van der Waals surface area (Å²) in [7, 11) is 0. The molecule has 0 fully saturated rings. The molecule has 0 bridgehead atoms. The minimum Gasteiger partial charge on any atom is -0.192 e. The number of nitrogens with zero attached hydrogens (tertiary/aromatic N) is 1. The minimum absolute atomic E-state index is 0.514. The molecule has 0 N–H and O–H groups in total. The zero-order valence-corrected chi connectivity index (χ0v) is 10.8. The number of halogens is 2. The first-order valence-electron chi connectivity index (χ1n) is 5.01. The van der Waals surface area contributed by atoms with Crippen LogP contribution in [0, 0.1) is 18.3 Å². The normalized spacial score (nSPS) is 8.82. The number of rotatable bonds is 0. The van der Waals surface area contributed by atoms with E-state index in [0.29, 0.717) is 10.6 Å². The van der Waals surface area contributed by atoms with Crippen LogP contribution in [-0.2, 0) is 0 Å². The molecule has 17 heavy (non-hydrogen) atoms. The summed E-state index contributed by atoms with van der Waals surface area (Å²) >= 11 is 11.3. The molecular formula is C14H11Cl2N. The average Bonchev–Trinajstić information content (AvgIpc) is 2.34. The van der Waals surface area contributed by atoms with Gasteiger partial charge >= 0.3 is 0 Å². The first-order valence-corrected chi connectivity index (χ1v) is 5.76. The number of nitriles is 1. The van der Waals surface area contributed by atoms with Crippen LogP contribution in [0.2, 0.25) is 10.0 Å². The summed E-state index contributed by atoms with van der Waals surface area (Å²) in [5.74, 6) is 0. The second-order valence-corrected chi connectivity index (χ2v) is 4.16. The second kappa shape index (κ2) is 6.96. The van der Waals surface area contributed by atoms with Crippen LogP contribution in [0.3, 0.4) is 0 Å². The van der Waals surface area contributed by atoms with Gasteiger partial charge in [0.05, 0.1) is 10.6 Å². The van der Waals surface area contributed by atoms with E-state index >= 15 is 0 Å². The Morgan fingerprint density at radius 3 is 1.76 bits per heavy atom. The lowest BCUT2D eigenvalue weighted by atomic mass is 10.2. The monoisotopic (exact) mass is 263 g/mol. The van der Waals surface area contributed by atoms with Crippen LogP contribution < -0.4 is 0 Å². The zero-order chi connectivity index (χ0) is 12.7. The van der Waals surface area contributed by atoms with Gasteiger partial charge in [-0.2, -0.15) is 5.26 Å². The Hall–Kier alpha value is -1.49. The Balaban J connectivity index is 0.000000171. The van der Waals surface area contributed by atoms with Crippen molar-refractivity contribution >= 4 is 23.2 Å². The molecule has 2 aromatic rings. The van der Waals surface area contributed by atoms with Crippen molar-refractivity contribution in [3.8, 4) is 6.07 Å². The maximum atomic E-state index is 8.38. The molecule has 86 valence electrons. The van der Waals surface area contributed by atoms with Crippen LogP contribution in [0.5, 0.6) is 0 Å². The fourth-order valence-electron chi connectivity index (χ4n) is 1.10. The molecule has 0 saturated heterocycles. The quantitative estimate of drug-likeness (QED) is 0.666. The van der Waals surface area contributed by atoms with Gasteiger partial charge in [0, 0.05) is 5.02 Å². The summed E-state index contributed by atoms with van der Waals surface area (Å²) in [6.07, 6.45) is 0. The topological polar surface area (TPSA) is 23.8 Å². The Kier molecular flexibility index (Phi) is 5.56. The van der Waals surface area contributed by atoms with E-state index in [-0.39, 0.29) is 0 Å². The average molecular weight is 264 g/mol. The molecule has 0 amide bonds. The highest BCUT2D eigenvalue weighted by molar-refractivity contribution is 6.31. The van der Waals surface area contributed by atoms with E-state index in [2.05, 4.69) is 0 Å². The number of benzene rings is 2. The summed E-state index contributed by atoms with van der Waals surface area (Å²) in [4.78, 5) is 0. The third kappa shape index (κ3) is 4.48. The SMILES string of the molecule is Cc1ccccc1Cl.N#Cc1ccccc1Cl. The first-order chi connectivity index (χ1) is 8.15. The van der Waals surface area contributed by atoms with E-state index in [4.69, 9.17) is 28.5 Å². The maximum Gasteiger partial charge on any atom is 0.101 e. The fourth-order valence-corrected chi connectivity index (χ4v) is 1.42. The van der Waals surface area contributed by atoms with Crippen molar-refractivity contribution in [2.45, 2.75) is 6.92 Å². The molecule has 0 aromatic heterocycles. The van der Waals surface area contributed by atoms with E-state index in [9.17, 15) is 0 Å². The van der Waals surface area contributed by atoms with Crippen molar-refractivity contribution in [2.75, 3.05) is 0 Å². The van der Waals surface area contributed by atoms with E-state index in [1.54, 1.807) is 24.3 Å². The molecular weight excluding hydrogens is 253 g/mol. The molecule has 3 heteroatoms. The Morgan fingerprint density at radius 1 is 0.882 bits per heavy atom. The lowest BCUT2D eigenvalue weighted by Crippen LogP contribution is -1.71. The van der Waals surface area contributed by atoms with Gasteiger partial charge in [0.2, 0.25) is 0 Å². The van der Waals surface area contributed by atoms with Gasteiger partial charge in [-0.1, -0.05) is 53.5 Å². The van der Waals surface area contributed by atoms with Gasteiger partial charge in [-0.15, -0.1) is 0 Å². The molecule has 0 heterocycles. The van der Waals surface area contributed by atoms with Crippen molar-refractivity contribution in [2.24, 2.45) is 0 Å². The fraction of sp³-hybridized carbons (Fsp3) is 0.0714. The third-order valence-electron chi connectivity index (χ3n) is 2.07. The molecule has 0 aliphatic rings. The van der Waals surface area contributed by atoms with Gasteiger partial charge in [0.25, 0.3) is 0 Å². The Bertz CT molecular complexity index is 509. The van der Waals surface area contributed by atoms with Gasteiger partial charge in [-0.3, -0.25) is 0 Å². The van der Waals surface area contributed by atoms with E-state index in [1.165, 1.54) is 0 Å². The highest BCUT2D eigenvalue weighted by atomic mass is 35.5. The Labute approximate surface area is 111 Å².